The molecule has 2 heterocycles. The van der Waals surface area contributed by atoms with Crippen LogP contribution < -0.4 is 10.6 Å². The number of benzene rings is 4. The van der Waals surface area contributed by atoms with Crippen LogP contribution in [0.3, 0.4) is 0 Å². The van der Waals surface area contributed by atoms with E-state index in [2.05, 4.69) is 74.3 Å². The molecule has 2 aromatic heterocycles. The average Bonchev–Trinajstić information content (AvgIpc) is 3.15. The number of rotatable bonds is 7. The van der Waals surface area contributed by atoms with Crippen LogP contribution in [-0.4, -0.2) is 26.7 Å². The molecule has 0 aliphatic rings. The van der Waals surface area contributed by atoms with Crippen LogP contribution in [0.2, 0.25) is 0 Å². The Morgan fingerprint density at radius 3 is 1.42 bits per heavy atom. The second-order valence-electron chi connectivity index (χ2n) is 14.6. The lowest BCUT2D eigenvalue weighted by atomic mass is 9.87. The molecule has 2 N–H and O–H groups in total. The van der Waals surface area contributed by atoms with Gasteiger partial charge in [-0.3, -0.25) is 24.7 Å². The summed E-state index contributed by atoms with van der Waals surface area (Å²) >= 11 is 0. The van der Waals surface area contributed by atoms with Crippen LogP contribution >= 0.6 is 0 Å². The summed E-state index contributed by atoms with van der Waals surface area (Å²) in [5.74, 6) is -0.360. The number of anilines is 2. The van der Waals surface area contributed by atoms with Gasteiger partial charge in [0.2, 0.25) is 0 Å². The SMILES string of the molecule is CC(C)(C)c1ccc(NC(=O)c2ccc(-c3ccccn3)cc2)cc1.CC(C)(C)c1ccc(NC(=O)c2ccc(-c3ncccc3[N+](=O)[O-])cc2)cc1. The molecular weight excluding hydrogens is 663 g/mol. The number of carbonyl (C=O) groups excluding carboxylic acids is 2. The van der Waals surface area contributed by atoms with Crippen molar-refractivity contribution >= 4 is 28.9 Å². The largest absolute Gasteiger partial charge is 0.322 e. The van der Waals surface area contributed by atoms with Crippen LogP contribution in [0.1, 0.15) is 73.4 Å². The first-order chi connectivity index (χ1) is 25.2. The zero-order chi connectivity index (χ0) is 38.2. The number of nitrogens with one attached hydrogen (secondary N) is 2. The molecule has 0 atom stereocenters. The molecule has 2 amide bonds. The molecule has 0 saturated carbocycles. The molecule has 0 aliphatic heterocycles. The van der Waals surface area contributed by atoms with Crippen molar-refractivity contribution in [2.45, 2.75) is 52.4 Å². The van der Waals surface area contributed by atoms with Crippen LogP contribution in [0.25, 0.3) is 22.5 Å². The van der Waals surface area contributed by atoms with Gasteiger partial charge < -0.3 is 10.6 Å². The molecule has 6 rings (SSSR count). The van der Waals surface area contributed by atoms with Gasteiger partial charge in [0, 0.05) is 52.1 Å². The van der Waals surface area contributed by atoms with Gasteiger partial charge in [-0.1, -0.05) is 96.1 Å². The number of nitro groups is 1. The van der Waals surface area contributed by atoms with Gasteiger partial charge in [0.1, 0.15) is 5.69 Å². The fraction of sp³-hybridized carbons (Fsp3) is 0.182. The summed E-state index contributed by atoms with van der Waals surface area (Å²) in [7, 11) is 0. The average molecular weight is 706 g/mol. The second kappa shape index (κ2) is 16.2. The summed E-state index contributed by atoms with van der Waals surface area (Å²) in [6.45, 7) is 12.9. The molecule has 0 aliphatic carbocycles. The molecule has 9 heteroatoms. The maximum Gasteiger partial charge on any atom is 0.295 e. The first-order valence-electron chi connectivity index (χ1n) is 17.2. The molecule has 0 fully saturated rings. The molecule has 268 valence electrons. The zero-order valence-electron chi connectivity index (χ0n) is 30.8. The van der Waals surface area contributed by atoms with Crippen molar-refractivity contribution in [3.63, 3.8) is 0 Å². The molecule has 0 unspecified atom stereocenters. The van der Waals surface area contributed by atoms with Gasteiger partial charge in [0.15, 0.2) is 0 Å². The lowest BCUT2D eigenvalue weighted by Crippen LogP contribution is -2.13. The number of aromatic nitrogens is 2. The van der Waals surface area contributed by atoms with E-state index >= 15 is 0 Å². The van der Waals surface area contributed by atoms with Crippen molar-refractivity contribution < 1.29 is 14.5 Å². The van der Waals surface area contributed by atoms with Gasteiger partial charge in [-0.05, 0) is 88.7 Å². The monoisotopic (exact) mass is 705 g/mol. The second-order valence-corrected chi connectivity index (χ2v) is 14.6. The third-order valence-electron chi connectivity index (χ3n) is 8.53. The molecule has 0 radical (unpaired) electrons. The van der Waals surface area contributed by atoms with Crippen LogP contribution in [0.15, 0.2) is 140 Å². The Hall–Kier alpha value is -6.48. The molecular formula is C44H43N5O4. The van der Waals surface area contributed by atoms with E-state index in [0.29, 0.717) is 22.4 Å². The quantitative estimate of drug-likeness (QED) is 0.126. The topological polar surface area (TPSA) is 127 Å². The number of hydrogen-bond donors (Lipinski definition) is 2. The van der Waals surface area contributed by atoms with E-state index in [1.165, 1.54) is 29.5 Å². The van der Waals surface area contributed by atoms with E-state index in [1.807, 2.05) is 78.9 Å². The van der Waals surface area contributed by atoms with Gasteiger partial charge in [0.25, 0.3) is 17.5 Å². The Labute approximate surface area is 310 Å². The summed E-state index contributed by atoms with van der Waals surface area (Å²) in [6.07, 6.45) is 3.27. The van der Waals surface area contributed by atoms with E-state index in [1.54, 1.807) is 30.5 Å². The molecule has 9 nitrogen and oxygen atoms in total. The van der Waals surface area contributed by atoms with E-state index in [0.717, 1.165) is 16.9 Å². The minimum Gasteiger partial charge on any atom is -0.322 e. The van der Waals surface area contributed by atoms with Crippen molar-refractivity contribution in [1.82, 2.24) is 9.97 Å². The number of amides is 2. The van der Waals surface area contributed by atoms with E-state index < -0.39 is 4.92 Å². The highest BCUT2D eigenvalue weighted by Gasteiger charge is 2.18. The Kier molecular flexibility index (Phi) is 11.6. The van der Waals surface area contributed by atoms with Gasteiger partial charge >= 0.3 is 0 Å². The first-order valence-corrected chi connectivity index (χ1v) is 17.2. The third-order valence-corrected chi connectivity index (χ3v) is 8.53. The van der Waals surface area contributed by atoms with E-state index in [4.69, 9.17) is 0 Å². The zero-order valence-corrected chi connectivity index (χ0v) is 30.8. The maximum absolute atomic E-state index is 12.5. The van der Waals surface area contributed by atoms with Crippen LogP contribution in [0.4, 0.5) is 17.1 Å². The Bertz CT molecular complexity index is 2170. The summed E-state index contributed by atoms with van der Waals surface area (Å²) < 4.78 is 0. The number of nitrogens with zero attached hydrogens (tertiary/aromatic N) is 3. The minimum atomic E-state index is -0.468. The number of pyridine rings is 2. The van der Waals surface area contributed by atoms with Gasteiger partial charge in [-0.2, -0.15) is 0 Å². The smallest absolute Gasteiger partial charge is 0.295 e. The van der Waals surface area contributed by atoms with Crippen LogP contribution in [-0.2, 0) is 10.8 Å². The minimum absolute atomic E-state index is 0.0481. The maximum atomic E-state index is 12.5. The summed E-state index contributed by atoms with van der Waals surface area (Å²) in [5.41, 5.74) is 7.84. The fourth-order valence-corrected chi connectivity index (χ4v) is 5.39. The summed E-state index contributed by atoms with van der Waals surface area (Å²) in [6, 6.07) is 38.5. The van der Waals surface area contributed by atoms with Crippen molar-refractivity contribution in [3.8, 4) is 22.5 Å². The highest BCUT2D eigenvalue weighted by Crippen LogP contribution is 2.28. The van der Waals surface area contributed by atoms with Crippen molar-refractivity contribution in [1.29, 1.82) is 0 Å². The predicted octanol–water partition coefficient (Wildman–Crippen LogP) is 10.5. The van der Waals surface area contributed by atoms with Crippen molar-refractivity contribution in [3.05, 3.63) is 172 Å². The molecule has 0 saturated heterocycles. The Morgan fingerprint density at radius 1 is 0.547 bits per heavy atom. The molecule has 53 heavy (non-hydrogen) atoms. The van der Waals surface area contributed by atoms with Gasteiger partial charge in [0.05, 0.1) is 10.6 Å². The Morgan fingerprint density at radius 2 is 1.00 bits per heavy atom. The molecule has 0 bridgehead atoms. The summed E-state index contributed by atoms with van der Waals surface area (Å²) in [5, 5.41) is 17.0. The van der Waals surface area contributed by atoms with Crippen LogP contribution in [0.5, 0.6) is 0 Å². The lowest BCUT2D eigenvalue weighted by molar-refractivity contribution is -0.384. The lowest BCUT2D eigenvalue weighted by Gasteiger charge is -2.19. The van der Waals surface area contributed by atoms with Gasteiger partial charge in [-0.15, -0.1) is 0 Å². The molecule has 6 aromatic rings. The van der Waals surface area contributed by atoms with E-state index in [-0.39, 0.29) is 34.0 Å². The standard InChI is InChI=1S/C22H21N3O3.C22H22N2O/c1-22(2,3)17-10-12-18(13-11-17)24-21(26)16-8-6-15(7-9-16)20-19(25(27)28)5-4-14-23-20;1-22(2,3)18-11-13-19(14-12-18)24-21(25)17-9-7-16(8-10-17)20-6-4-5-15-23-20/h4-14H,1-3H3,(H,24,26);4-15H,1-3H3,(H,24,25). The number of hydrogen-bond acceptors (Lipinski definition) is 6. The van der Waals surface area contributed by atoms with Gasteiger partial charge in [-0.25, -0.2) is 4.98 Å². The summed E-state index contributed by atoms with van der Waals surface area (Å²) in [4.78, 5) is 44.0. The normalized spacial score (nSPS) is 11.1. The highest BCUT2D eigenvalue weighted by molar-refractivity contribution is 6.05. The number of carbonyl (C=O) groups is 2. The van der Waals surface area contributed by atoms with Crippen molar-refractivity contribution in [2.24, 2.45) is 0 Å². The third kappa shape index (κ3) is 10.1. The fourth-order valence-electron chi connectivity index (χ4n) is 5.39. The van der Waals surface area contributed by atoms with Crippen LogP contribution in [0, 0.1) is 10.1 Å². The first kappa shape index (κ1) is 37.8. The van der Waals surface area contributed by atoms with Crippen molar-refractivity contribution in [2.75, 3.05) is 10.6 Å². The van der Waals surface area contributed by atoms with E-state index in [9.17, 15) is 19.7 Å². The molecule has 4 aromatic carbocycles. The molecule has 0 spiro atoms. The Balaban J connectivity index is 0.000000206. The highest BCUT2D eigenvalue weighted by atomic mass is 16.6. The predicted molar refractivity (Wildman–Crippen MR) is 212 cm³/mol.